The highest BCUT2D eigenvalue weighted by molar-refractivity contribution is 14.1. The summed E-state index contributed by atoms with van der Waals surface area (Å²) in [6.45, 7) is 0. The van der Waals surface area contributed by atoms with E-state index in [2.05, 4.69) is 46.9 Å². The Bertz CT molecular complexity index is 494. The number of rotatable bonds is 1. The van der Waals surface area contributed by atoms with Gasteiger partial charge in [0.25, 0.3) is 0 Å². The van der Waals surface area contributed by atoms with Crippen molar-refractivity contribution >= 4 is 44.0 Å². The predicted molar refractivity (Wildman–Crippen MR) is 80.4 cm³/mol. The van der Waals surface area contributed by atoms with Crippen LogP contribution in [0.5, 0.6) is 0 Å². The van der Waals surface area contributed by atoms with E-state index in [1.165, 1.54) is 45.8 Å². The largest absolute Gasteiger partial charge is 0.139 e. The Morgan fingerprint density at radius 1 is 1.06 bits per heavy atom. The Hall–Kier alpha value is -0.0900. The maximum atomic E-state index is 2.55. The zero-order valence-electron chi connectivity index (χ0n) is 9.21. The quantitative estimate of drug-likeness (QED) is 0.596. The molecule has 1 saturated carbocycles. The Morgan fingerprint density at radius 2 is 1.81 bits per heavy atom. The third-order valence-electron chi connectivity index (χ3n) is 3.54. The fraction of sp³-hybridized carbons (Fsp3) is 0.429. The van der Waals surface area contributed by atoms with E-state index >= 15 is 0 Å². The fourth-order valence-electron chi connectivity index (χ4n) is 2.66. The van der Waals surface area contributed by atoms with Crippen LogP contribution in [-0.2, 0) is 0 Å². The smallest absolute Gasteiger partial charge is 0.0356 e. The molecule has 0 saturated heterocycles. The van der Waals surface area contributed by atoms with Crippen LogP contribution in [-0.4, -0.2) is 0 Å². The van der Waals surface area contributed by atoms with Gasteiger partial charge >= 0.3 is 0 Å². The van der Waals surface area contributed by atoms with Gasteiger partial charge in [-0.25, -0.2) is 0 Å². The minimum absolute atomic E-state index is 0.845. The molecule has 1 aliphatic rings. The van der Waals surface area contributed by atoms with Gasteiger partial charge in [0.05, 0.1) is 0 Å². The van der Waals surface area contributed by atoms with Crippen molar-refractivity contribution in [2.75, 3.05) is 0 Å². The minimum Gasteiger partial charge on any atom is -0.139 e. The van der Waals surface area contributed by atoms with E-state index in [0.717, 1.165) is 5.92 Å². The summed E-state index contributed by atoms with van der Waals surface area (Å²) in [4.78, 5) is 1.65. The van der Waals surface area contributed by atoms with Crippen molar-refractivity contribution in [3.05, 3.63) is 32.7 Å². The molecule has 0 amide bonds. The molecule has 0 radical (unpaired) electrons. The Labute approximate surface area is 114 Å². The van der Waals surface area contributed by atoms with Crippen molar-refractivity contribution in [1.29, 1.82) is 0 Å². The highest BCUT2D eigenvalue weighted by Crippen LogP contribution is 2.42. The number of hydrogen-bond donors (Lipinski definition) is 0. The second kappa shape index (κ2) is 4.65. The van der Waals surface area contributed by atoms with Crippen molar-refractivity contribution in [3.8, 4) is 0 Å². The van der Waals surface area contributed by atoms with Gasteiger partial charge in [-0.3, -0.25) is 0 Å². The van der Waals surface area contributed by atoms with Crippen molar-refractivity contribution in [2.45, 2.75) is 38.0 Å². The lowest BCUT2D eigenvalue weighted by molar-refractivity contribution is 0.447. The van der Waals surface area contributed by atoms with Crippen molar-refractivity contribution in [3.63, 3.8) is 0 Å². The highest BCUT2D eigenvalue weighted by atomic mass is 127. The van der Waals surface area contributed by atoms with E-state index in [0.29, 0.717) is 0 Å². The Kier molecular flexibility index (Phi) is 3.20. The molecule has 2 heteroatoms. The number of halogens is 1. The molecule has 2 aromatic rings. The summed E-state index contributed by atoms with van der Waals surface area (Å²) < 4.78 is 2.98. The minimum atomic E-state index is 0.845. The van der Waals surface area contributed by atoms with E-state index in [4.69, 9.17) is 0 Å². The molecule has 1 heterocycles. The first kappa shape index (κ1) is 11.0. The van der Waals surface area contributed by atoms with E-state index < -0.39 is 0 Å². The summed E-state index contributed by atoms with van der Waals surface area (Å²) in [5.41, 5.74) is 0. The molecule has 1 fully saturated rings. The van der Waals surface area contributed by atoms with Gasteiger partial charge in [-0.05, 0) is 47.4 Å². The van der Waals surface area contributed by atoms with E-state index in [1.54, 1.807) is 4.88 Å². The van der Waals surface area contributed by atoms with Gasteiger partial charge < -0.3 is 0 Å². The van der Waals surface area contributed by atoms with E-state index in [-0.39, 0.29) is 0 Å². The first-order valence-corrected chi connectivity index (χ1v) is 7.92. The van der Waals surface area contributed by atoms with Gasteiger partial charge in [0.2, 0.25) is 0 Å². The van der Waals surface area contributed by atoms with Crippen LogP contribution in [0.1, 0.15) is 42.9 Å². The molecule has 0 spiro atoms. The molecule has 1 aromatic carbocycles. The first-order chi connectivity index (χ1) is 7.86. The second-order valence-electron chi connectivity index (χ2n) is 4.61. The van der Waals surface area contributed by atoms with Crippen molar-refractivity contribution in [1.82, 2.24) is 0 Å². The van der Waals surface area contributed by atoms with Crippen molar-refractivity contribution < 1.29 is 0 Å². The molecule has 0 unspecified atom stereocenters. The summed E-state index contributed by atoms with van der Waals surface area (Å²) in [5, 5.41) is 1.47. The van der Waals surface area contributed by atoms with Crippen LogP contribution in [0.2, 0.25) is 0 Å². The number of hydrogen-bond acceptors (Lipinski definition) is 1. The molecule has 16 heavy (non-hydrogen) atoms. The van der Waals surface area contributed by atoms with Gasteiger partial charge in [0.15, 0.2) is 0 Å². The molecule has 3 rings (SSSR count). The number of thiophene rings is 1. The van der Waals surface area contributed by atoms with Gasteiger partial charge in [-0.15, -0.1) is 11.3 Å². The van der Waals surface area contributed by atoms with Crippen LogP contribution in [0, 0.1) is 3.57 Å². The standard InChI is InChI=1S/C14H15IS/c15-13-11-8-4-5-9-12(11)16-14(13)10-6-2-1-3-7-10/h4-5,8-10H,1-3,6-7H2. The third kappa shape index (κ3) is 1.90. The lowest BCUT2D eigenvalue weighted by Gasteiger charge is -2.20. The number of fused-ring (bicyclic) bond motifs is 1. The number of benzene rings is 1. The van der Waals surface area contributed by atoms with Crippen molar-refractivity contribution in [2.24, 2.45) is 0 Å². The maximum absolute atomic E-state index is 2.55. The SMILES string of the molecule is Ic1c(C2CCCCC2)sc2ccccc12. The van der Waals surface area contributed by atoms with Crippen LogP contribution < -0.4 is 0 Å². The molecular weight excluding hydrogens is 327 g/mol. The molecule has 84 valence electrons. The average molecular weight is 342 g/mol. The molecule has 1 aromatic heterocycles. The maximum Gasteiger partial charge on any atom is 0.0356 e. The molecule has 1 aliphatic carbocycles. The van der Waals surface area contributed by atoms with Crippen LogP contribution >= 0.6 is 33.9 Å². The Balaban J connectivity index is 2.05. The molecule has 0 N–H and O–H groups in total. The van der Waals surface area contributed by atoms with Crippen LogP contribution in [0.15, 0.2) is 24.3 Å². The van der Waals surface area contributed by atoms with E-state index in [1.807, 2.05) is 11.3 Å². The molecule has 0 bridgehead atoms. The lowest BCUT2D eigenvalue weighted by atomic mass is 9.88. The van der Waals surface area contributed by atoms with Gasteiger partial charge in [-0.2, -0.15) is 0 Å². The first-order valence-electron chi connectivity index (χ1n) is 6.03. The van der Waals surface area contributed by atoms with Gasteiger partial charge in [0.1, 0.15) is 0 Å². The van der Waals surface area contributed by atoms with Gasteiger partial charge in [0, 0.05) is 18.5 Å². The third-order valence-corrected chi connectivity index (χ3v) is 6.40. The zero-order chi connectivity index (χ0) is 11.0. The summed E-state index contributed by atoms with van der Waals surface area (Å²) >= 11 is 4.57. The Morgan fingerprint density at radius 3 is 2.56 bits per heavy atom. The molecule has 0 nitrogen and oxygen atoms in total. The van der Waals surface area contributed by atoms with Crippen LogP contribution in [0.25, 0.3) is 10.1 Å². The lowest BCUT2D eigenvalue weighted by Crippen LogP contribution is -2.03. The molecule has 0 aliphatic heterocycles. The van der Waals surface area contributed by atoms with Gasteiger partial charge in [-0.1, -0.05) is 37.5 Å². The van der Waals surface area contributed by atoms with Crippen LogP contribution in [0.4, 0.5) is 0 Å². The fourth-order valence-corrected chi connectivity index (χ4v) is 5.35. The zero-order valence-corrected chi connectivity index (χ0v) is 12.2. The van der Waals surface area contributed by atoms with Crippen LogP contribution in [0.3, 0.4) is 0 Å². The molecular formula is C14H15IS. The second-order valence-corrected chi connectivity index (χ2v) is 6.77. The average Bonchev–Trinajstić information content (AvgIpc) is 2.69. The highest BCUT2D eigenvalue weighted by Gasteiger charge is 2.21. The summed E-state index contributed by atoms with van der Waals surface area (Å²) in [6, 6.07) is 8.83. The summed E-state index contributed by atoms with van der Waals surface area (Å²) in [6.07, 6.45) is 7.10. The monoisotopic (exact) mass is 342 g/mol. The predicted octanol–water partition coefficient (Wildman–Crippen LogP) is 5.55. The normalized spacial score (nSPS) is 18.1. The van der Waals surface area contributed by atoms with E-state index in [9.17, 15) is 0 Å². The molecule has 0 atom stereocenters. The topological polar surface area (TPSA) is 0 Å². The summed E-state index contributed by atoms with van der Waals surface area (Å²) in [5.74, 6) is 0.845. The summed E-state index contributed by atoms with van der Waals surface area (Å²) in [7, 11) is 0.